The van der Waals surface area contributed by atoms with E-state index in [4.69, 9.17) is 0 Å². The number of aromatic hydroxyl groups is 1. The Balaban J connectivity index is 2.10. The van der Waals surface area contributed by atoms with Gasteiger partial charge < -0.3 is 15.6 Å². The first-order chi connectivity index (χ1) is 12.1. The Bertz CT molecular complexity index is 897. The van der Waals surface area contributed by atoms with Gasteiger partial charge in [0.1, 0.15) is 0 Å². The molecular formula is C19H16N2O4. The smallest absolute Gasteiger partial charge is 0.358 e. The maximum absolute atomic E-state index is 11.6. The van der Waals surface area contributed by atoms with Gasteiger partial charge in [-0.05, 0) is 11.1 Å². The first kappa shape index (κ1) is 16.3. The van der Waals surface area contributed by atoms with Crippen LogP contribution in [0, 0.1) is 0 Å². The van der Waals surface area contributed by atoms with Crippen LogP contribution in [0.3, 0.4) is 0 Å². The van der Waals surface area contributed by atoms with Crippen molar-refractivity contribution in [2.75, 3.05) is 5.43 Å². The number of benzene rings is 2. The molecule has 1 heterocycles. The van der Waals surface area contributed by atoms with Gasteiger partial charge in [-0.25, -0.2) is 4.79 Å². The van der Waals surface area contributed by atoms with Gasteiger partial charge in [0.25, 0.3) is 0 Å². The molecule has 0 spiro atoms. The number of aromatic carboxylic acids is 1. The van der Waals surface area contributed by atoms with Crippen LogP contribution in [0.4, 0.5) is 0 Å². The van der Waals surface area contributed by atoms with E-state index in [1.54, 1.807) is 0 Å². The quantitative estimate of drug-likeness (QED) is 0.666. The van der Waals surface area contributed by atoms with Crippen molar-refractivity contribution in [3.63, 3.8) is 0 Å². The Morgan fingerprint density at radius 2 is 1.44 bits per heavy atom. The molecule has 0 aliphatic heterocycles. The molecule has 0 fully saturated rings. The molecule has 3 N–H and O–H groups in total. The van der Waals surface area contributed by atoms with Gasteiger partial charge in [-0.2, -0.15) is 0 Å². The Hall–Kier alpha value is -3.54. The largest absolute Gasteiger partial charge is 0.502 e. The highest BCUT2D eigenvalue weighted by molar-refractivity contribution is 5.88. The van der Waals surface area contributed by atoms with E-state index in [0.29, 0.717) is 0 Å². The van der Waals surface area contributed by atoms with Crippen LogP contribution >= 0.6 is 0 Å². The summed E-state index contributed by atoms with van der Waals surface area (Å²) < 4.78 is 1.16. The highest BCUT2D eigenvalue weighted by atomic mass is 16.4. The van der Waals surface area contributed by atoms with E-state index in [0.717, 1.165) is 21.9 Å². The second-order valence-electron chi connectivity index (χ2n) is 5.44. The molecule has 126 valence electrons. The Morgan fingerprint density at radius 1 is 0.920 bits per heavy atom. The van der Waals surface area contributed by atoms with Crippen LogP contribution in [-0.2, 0) is 0 Å². The molecule has 0 bridgehead atoms. The zero-order valence-corrected chi connectivity index (χ0v) is 13.2. The number of hydrogen-bond acceptors (Lipinski definition) is 4. The van der Waals surface area contributed by atoms with E-state index in [1.165, 1.54) is 6.20 Å². The Kier molecular flexibility index (Phi) is 4.52. The van der Waals surface area contributed by atoms with Crippen LogP contribution in [0.2, 0.25) is 0 Å². The average molecular weight is 336 g/mol. The third kappa shape index (κ3) is 3.37. The zero-order valence-electron chi connectivity index (χ0n) is 13.2. The van der Waals surface area contributed by atoms with Gasteiger partial charge in [0.2, 0.25) is 5.43 Å². The molecule has 0 unspecified atom stereocenters. The number of carboxylic acid groups (broad SMARTS) is 1. The molecule has 3 rings (SSSR count). The molecule has 6 heteroatoms. The summed E-state index contributed by atoms with van der Waals surface area (Å²) in [6.45, 7) is 0. The van der Waals surface area contributed by atoms with Crippen molar-refractivity contribution in [3.05, 3.63) is 100.0 Å². The molecular weight excluding hydrogens is 320 g/mol. The first-order valence-electron chi connectivity index (χ1n) is 7.62. The standard InChI is InChI=1S/C19H16N2O4/c22-15-11-12-21(17(18(15)23)19(24)25)20-16(13-7-3-1-4-8-13)14-9-5-2-6-10-14/h1-12,16,20,23H,(H,24,25). The van der Waals surface area contributed by atoms with Gasteiger partial charge in [0, 0.05) is 12.3 Å². The van der Waals surface area contributed by atoms with Gasteiger partial charge in [-0.1, -0.05) is 60.7 Å². The van der Waals surface area contributed by atoms with Crippen molar-refractivity contribution in [1.82, 2.24) is 4.68 Å². The van der Waals surface area contributed by atoms with Crippen LogP contribution in [0.15, 0.2) is 77.7 Å². The van der Waals surface area contributed by atoms with Crippen molar-refractivity contribution < 1.29 is 15.0 Å². The lowest BCUT2D eigenvalue weighted by molar-refractivity contribution is 0.0681. The number of aromatic nitrogens is 1. The number of rotatable bonds is 5. The van der Waals surface area contributed by atoms with Gasteiger partial charge in [0.15, 0.2) is 11.4 Å². The summed E-state index contributed by atoms with van der Waals surface area (Å²) in [5.41, 5.74) is 3.62. The number of nitrogens with one attached hydrogen (secondary N) is 1. The van der Waals surface area contributed by atoms with E-state index in [2.05, 4.69) is 5.43 Å². The van der Waals surface area contributed by atoms with Crippen LogP contribution in [0.5, 0.6) is 5.75 Å². The van der Waals surface area contributed by atoms with Gasteiger partial charge in [0.05, 0.1) is 6.04 Å². The number of carboxylic acids is 1. The zero-order chi connectivity index (χ0) is 17.8. The molecule has 0 saturated heterocycles. The van der Waals surface area contributed by atoms with Crippen molar-refractivity contribution in [1.29, 1.82) is 0 Å². The first-order valence-corrected chi connectivity index (χ1v) is 7.62. The molecule has 0 atom stereocenters. The van der Waals surface area contributed by atoms with Crippen molar-refractivity contribution in [2.45, 2.75) is 6.04 Å². The van der Waals surface area contributed by atoms with E-state index < -0.39 is 22.8 Å². The maximum atomic E-state index is 11.6. The molecule has 0 saturated carbocycles. The van der Waals surface area contributed by atoms with Crippen molar-refractivity contribution in [3.8, 4) is 5.75 Å². The number of nitrogens with zero attached hydrogens (tertiary/aromatic N) is 1. The molecule has 1 aromatic heterocycles. The monoisotopic (exact) mass is 336 g/mol. The molecule has 3 aromatic rings. The third-order valence-electron chi connectivity index (χ3n) is 3.81. The third-order valence-corrected chi connectivity index (χ3v) is 3.81. The van der Waals surface area contributed by atoms with Gasteiger partial charge >= 0.3 is 5.97 Å². The number of carbonyl (C=O) groups is 1. The minimum Gasteiger partial charge on any atom is -0.502 e. The molecule has 2 aromatic carbocycles. The normalized spacial score (nSPS) is 10.6. The summed E-state index contributed by atoms with van der Waals surface area (Å²) in [5, 5.41) is 19.2. The van der Waals surface area contributed by atoms with Crippen LogP contribution in [0.25, 0.3) is 0 Å². The highest BCUT2D eigenvalue weighted by Gasteiger charge is 2.21. The van der Waals surface area contributed by atoms with E-state index >= 15 is 0 Å². The Morgan fingerprint density at radius 3 is 1.92 bits per heavy atom. The summed E-state index contributed by atoms with van der Waals surface area (Å²) >= 11 is 0. The summed E-state index contributed by atoms with van der Waals surface area (Å²) in [7, 11) is 0. The fourth-order valence-electron chi connectivity index (χ4n) is 2.61. The van der Waals surface area contributed by atoms with Crippen molar-refractivity contribution in [2.24, 2.45) is 0 Å². The van der Waals surface area contributed by atoms with Crippen LogP contribution in [0.1, 0.15) is 27.7 Å². The summed E-state index contributed by atoms with van der Waals surface area (Å²) in [5.74, 6) is -2.20. The average Bonchev–Trinajstić information content (AvgIpc) is 2.63. The van der Waals surface area contributed by atoms with E-state index in [-0.39, 0.29) is 6.04 Å². The summed E-state index contributed by atoms with van der Waals surface area (Å²) in [6.07, 6.45) is 1.30. The SMILES string of the molecule is O=C(O)c1c(O)c(=O)ccn1NC(c1ccccc1)c1ccccc1. The Labute approximate surface area is 143 Å². The molecule has 0 radical (unpaired) electrons. The topological polar surface area (TPSA) is 91.6 Å². The lowest BCUT2D eigenvalue weighted by Gasteiger charge is -2.24. The highest BCUT2D eigenvalue weighted by Crippen LogP contribution is 2.24. The van der Waals surface area contributed by atoms with Gasteiger partial charge in [-0.15, -0.1) is 0 Å². The second-order valence-corrected chi connectivity index (χ2v) is 5.44. The predicted molar refractivity (Wildman–Crippen MR) is 93.4 cm³/mol. The van der Waals surface area contributed by atoms with Crippen LogP contribution < -0.4 is 10.9 Å². The molecule has 0 amide bonds. The summed E-state index contributed by atoms with van der Waals surface area (Å²) in [4.78, 5) is 23.1. The number of hydrogen-bond donors (Lipinski definition) is 3. The predicted octanol–water partition coefficient (Wildman–Crippen LogP) is 2.59. The number of pyridine rings is 1. The minimum absolute atomic E-state index is 0.373. The summed E-state index contributed by atoms with van der Waals surface area (Å²) in [6, 6.07) is 19.7. The molecule has 6 nitrogen and oxygen atoms in total. The molecule has 25 heavy (non-hydrogen) atoms. The minimum atomic E-state index is -1.40. The lowest BCUT2D eigenvalue weighted by atomic mass is 9.99. The molecule has 0 aliphatic rings. The fraction of sp³-hybridized carbons (Fsp3) is 0.0526. The van der Waals surface area contributed by atoms with Gasteiger partial charge in [-0.3, -0.25) is 9.47 Å². The van der Waals surface area contributed by atoms with Crippen molar-refractivity contribution >= 4 is 5.97 Å². The second kappa shape index (κ2) is 6.92. The lowest BCUT2D eigenvalue weighted by Crippen LogP contribution is -2.28. The van der Waals surface area contributed by atoms with E-state index in [9.17, 15) is 19.8 Å². The fourth-order valence-corrected chi connectivity index (χ4v) is 2.61. The maximum Gasteiger partial charge on any atom is 0.358 e. The molecule has 0 aliphatic carbocycles. The van der Waals surface area contributed by atoms with E-state index in [1.807, 2.05) is 60.7 Å². The van der Waals surface area contributed by atoms with Crippen LogP contribution in [-0.4, -0.2) is 20.9 Å².